The molecule has 11 heavy (non-hydrogen) atoms. The van der Waals surface area contributed by atoms with E-state index in [1.807, 2.05) is 0 Å². The minimum Gasteiger partial charge on any atom is -0.351 e. The van der Waals surface area contributed by atoms with E-state index >= 15 is 0 Å². The van der Waals surface area contributed by atoms with Crippen LogP contribution < -0.4 is 4.86 Å². The maximum absolute atomic E-state index is 10.3. The minimum absolute atomic E-state index is 0.546. The van der Waals surface area contributed by atoms with Gasteiger partial charge in [0.25, 0.3) is 0 Å². The van der Waals surface area contributed by atoms with Gasteiger partial charge in [0.15, 0.2) is 6.42 Å². The van der Waals surface area contributed by atoms with Crippen molar-refractivity contribution in [2.75, 3.05) is 0 Å². The van der Waals surface area contributed by atoms with Crippen molar-refractivity contribution in [3.8, 4) is 0 Å². The molecule has 0 fully saturated rings. The lowest BCUT2D eigenvalue weighted by molar-refractivity contribution is 0.493. The van der Waals surface area contributed by atoms with Gasteiger partial charge in [-0.2, -0.15) is 0 Å². The molecule has 2 unspecified atom stereocenters. The number of rotatable bonds is 2. The van der Waals surface area contributed by atoms with Crippen molar-refractivity contribution in [2.24, 2.45) is 0 Å². The standard InChI is InChI=1S/C4H11NO3P2S/c1-4(2,3)10(8,11)5-9(6)7/h1-3H3,(H2-,5,6,7,8,11)/p+1. The molecule has 0 aromatic rings. The van der Waals surface area contributed by atoms with Crippen LogP contribution in [0.4, 0.5) is 0 Å². The average molecular weight is 216 g/mol. The van der Waals surface area contributed by atoms with Gasteiger partial charge in [-0.15, -0.1) is 4.89 Å². The quantitative estimate of drug-likeness (QED) is 0.607. The molecule has 4 nitrogen and oxygen atoms in total. The first-order valence-corrected chi connectivity index (χ1v) is 6.90. The van der Waals surface area contributed by atoms with Crippen LogP contribution >= 0.6 is 14.6 Å². The highest BCUT2D eigenvalue weighted by Crippen LogP contribution is 2.53. The van der Waals surface area contributed by atoms with E-state index in [1.165, 1.54) is 0 Å². The van der Waals surface area contributed by atoms with E-state index < -0.39 is 19.8 Å². The third-order valence-corrected chi connectivity index (χ3v) is 7.10. The van der Waals surface area contributed by atoms with Crippen molar-refractivity contribution >= 4 is 26.4 Å². The summed E-state index contributed by atoms with van der Waals surface area (Å²) in [6, 6.07) is 0. The summed E-state index contributed by atoms with van der Waals surface area (Å²) in [5, 5.41) is -0.546. The van der Waals surface area contributed by atoms with Gasteiger partial charge in [0.05, 0.1) is 0 Å². The molecule has 66 valence electrons. The van der Waals surface area contributed by atoms with E-state index in [2.05, 4.69) is 4.86 Å². The molecule has 0 aromatic carbocycles. The van der Waals surface area contributed by atoms with Crippen LogP contribution in [0.3, 0.4) is 0 Å². The fourth-order valence-corrected chi connectivity index (χ4v) is 3.02. The zero-order valence-electron chi connectivity index (χ0n) is 6.61. The normalized spacial score (nSPS) is 19.2. The third kappa shape index (κ3) is 3.70. The molecule has 0 radical (unpaired) electrons. The summed E-state index contributed by atoms with van der Waals surface area (Å²) in [4.78, 5) is 20.0. The molecule has 0 amide bonds. The molecular weight excluding hydrogens is 204 g/mol. The van der Waals surface area contributed by atoms with Crippen molar-refractivity contribution in [2.45, 2.75) is 25.9 Å². The Bertz CT molecular complexity index is 212. The number of hydrogen-bond donors (Lipinski definition) is 3. The highest BCUT2D eigenvalue weighted by molar-refractivity contribution is 8.13. The van der Waals surface area contributed by atoms with Crippen LogP contribution in [0.25, 0.3) is 0 Å². The topological polar surface area (TPSA) is 69.6 Å². The molecule has 2 atom stereocenters. The van der Waals surface area contributed by atoms with E-state index in [4.69, 9.17) is 16.7 Å². The van der Waals surface area contributed by atoms with E-state index in [-0.39, 0.29) is 0 Å². The lowest BCUT2D eigenvalue weighted by Crippen LogP contribution is -2.21. The largest absolute Gasteiger partial charge is 0.617 e. The monoisotopic (exact) mass is 216 g/mol. The second kappa shape index (κ2) is 3.56. The van der Waals surface area contributed by atoms with Crippen LogP contribution in [-0.2, 0) is 16.4 Å². The van der Waals surface area contributed by atoms with Crippen molar-refractivity contribution < 1.29 is 14.4 Å². The Kier molecular flexibility index (Phi) is 3.77. The lowest BCUT2D eigenvalue weighted by Gasteiger charge is -2.25. The average Bonchev–Trinajstić information content (AvgIpc) is 1.56. The molecule has 0 saturated carbocycles. The molecule has 0 rings (SSSR count). The van der Waals surface area contributed by atoms with Crippen LogP contribution in [-0.4, -0.2) is 14.9 Å². The molecule has 0 aromatic heterocycles. The second-order valence-corrected chi connectivity index (χ2v) is 8.54. The zero-order chi connectivity index (χ0) is 9.28. The Morgan fingerprint density at radius 3 is 2.00 bits per heavy atom. The smallest absolute Gasteiger partial charge is 0.351 e. The zero-order valence-corrected chi connectivity index (χ0v) is 9.21. The first-order chi connectivity index (χ1) is 4.67. The van der Waals surface area contributed by atoms with Gasteiger partial charge in [-0.1, -0.05) is 20.8 Å². The number of hydrogen-bond acceptors (Lipinski definition) is 2. The summed E-state index contributed by atoms with van der Waals surface area (Å²) < 4.78 is 10.3. The Morgan fingerprint density at radius 1 is 1.55 bits per heavy atom. The molecule has 0 aliphatic carbocycles. The van der Waals surface area contributed by atoms with Crippen LogP contribution in [0.15, 0.2) is 0 Å². The molecule has 0 aliphatic heterocycles. The van der Waals surface area contributed by atoms with Crippen molar-refractivity contribution in [3.05, 3.63) is 0 Å². The fourth-order valence-electron chi connectivity index (χ4n) is 0.266. The Balaban J connectivity index is 4.49. The van der Waals surface area contributed by atoms with Crippen LogP contribution in [0.5, 0.6) is 0 Å². The summed E-state index contributed by atoms with van der Waals surface area (Å²) in [6.45, 7) is 5.17. The predicted molar refractivity (Wildman–Crippen MR) is 49.2 cm³/mol. The summed E-state index contributed by atoms with van der Waals surface area (Å²) in [7, 11) is -2.56. The minimum atomic E-state index is -2.88. The highest BCUT2D eigenvalue weighted by Gasteiger charge is 2.36. The van der Waals surface area contributed by atoms with Crippen molar-refractivity contribution in [1.29, 1.82) is 0 Å². The van der Waals surface area contributed by atoms with Gasteiger partial charge in [-0.25, -0.2) is 0 Å². The molecule has 3 N–H and O–H groups in total. The van der Waals surface area contributed by atoms with Crippen LogP contribution in [0.2, 0.25) is 0 Å². The maximum Gasteiger partial charge on any atom is 0.617 e. The molecule has 7 heteroatoms. The summed E-state index contributed by atoms with van der Waals surface area (Å²) in [6.07, 6.45) is -2.88. The van der Waals surface area contributed by atoms with E-state index in [9.17, 15) is 9.46 Å². The van der Waals surface area contributed by atoms with Crippen molar-refractivity contribution in [1.82, 2.24) is 4.86 Å². The molecule has 0 spiro atoms. The van der Waals surface area contributed by atoms with Gasteiger partial charge in [-0.3, -0.25) is 0 Å². The van der Waals surface area contributed by atoms with Crippen molar-refractivity contribution in [3.63, 3.8) is 0 Å². The van der Waals surface area contributed by atoms with Crippen LogP contribution in [0.1, 0.15) is 20.8 Å². The predicted octanol–water partition coefficient (Wildman–Crippen LogP) is 1.33. The first-order valence-electron chi connectivity index (χ1n) is 2.94. The summed E-state index contributed by atoms with van der Waals surface area (Å²) in [5.74, 6) is 0. The third-order valence-electron chi connectivity index (χ3n) is 1.13. The van der Waals surface area contributed by atoms with E-state index in [1.54, 1.807) is 20.8 Å². The molecule has 0 aliphatic rings. The molecule has 0 saturated heterocycles. The van der Waals surface area contributed by atoms with E-state index in [0.717, 1.165) is 0 Å². The molecule has 0 heterocycles. The van der Waals surface area contributed by atoms with Gasteiger partial charge in [0.2, 0.25) is 0 Å². The lowest BCUT2D eigenvalue weighted by atomic mass is 10.3. The van der Waals surface area contributed by atoms with Gasteiger partial charge in [0.1, 0.15) is 0 Å². The SMILES string of the molecule is CC(C)(C)P(O)(=S)N[P+](=O)O. The summed E-state index contributed by atoms with van der Waals surface area (Å²) in [5.41, 5.74) is 0. The van der Waals surface area contributed by atoms with Gasteiger partial charge < -0.3 is 4.89 Å². The molecule has 0 bridgehead atoms. The molecular formula is C4H12NO3P2S+. The fraction of sp³-hybridized carbons (Fsp3) is 1.00. The Morgan fingerprint density at radius 2 is 1.91 bits per heavy atom. The van der Waals surface area contributed by atoms with Gasteiger partial charge in [0, 0.05) is 5.16 Å². The Hall–Kier alpha value is 0.630. The van der Waals surface area contributed by atoms with Crippen LogP contribution in [0, 0.1) is 0 Å². The van der Waals surface area contributed by atoms with Gasteiger partial charge in [-0.05, 0) is 21.2 Å². The first kappa shape index (κ1) is 11.6. The second-order valence-electron chi connectivity index (χ2n) is 3.12. The summed E-state index contributed by atoms with van der Waals surface area (Å²) >= 11 is 4.77. The number of nitrogens with one attached hydrogen (secondary N) is 1. The maximum atomic E-state index is 10.3. The Labute approximate surface area is 72.1 Å². The van der Waals surface area contributed by atoms with Gasteiger partial charge >= 0.3 is 8.18 Å². The highest BCUT2D eigenvalue weighted by atomic mass is 32.4. The van der Waals surface area contributed by atoms with E-state index in [0.29, 0.717) is 0 Å².